The Hall–Kier alpha value is -1.88. The van der Waals surface area contributed by atoms with E-state index >= 15 is 0 Å². The summed E-state index contributed by atoms with van der Waals surface area (Å²) in [7, 11) is 0. The Bertz CT molecular complexity index is 823. The Morgan fingerprint density at radius 2 is 2.08 bits per heavy atom. The van der Waals surface area contributed by atoms with Gasteiger partial charge >= 0.3 is 0 Å². The molecule has 132 valence electrons. The fourth-order valence-corrected chi connectivity index (χ4v) is 5.54. The maximum absolute atomic E-state index is 11.7. The lowest BCUT2D eigenvalue weighted by atomic mass is 9.88. The number of benzene rings is 1. The van der Waals surface area contributed by atoms with Crippen LogP contribution in [0.3, 0.4) is 0 Å². The van der Waals surface area contributed by atoms with E-state index < -0.39 is 5.91 Å². The van der Waals surface area contributed by atoms with Gasteiger partial charge in [-0.05, 0) is 50.2 Å². The lowest BCUT2D eigenvalue weighted by Crippen LogP contribution is -2.49. The minimum absolute atomic E-state index is 0.0688. The first kappa shape index (κ1) is 15.4. The molecule has 2 atom stereocenters. The molecule has 1 aliphatic heterocycles. The highest BCUT2D eigenvalue weighted by Crippen LogP contribution is 2.55. The molecule has 2 bridgehead atoms. The molecule has 2 aliphatic carbocycles. The quantitative estimate of drug-likeness (QED) is 0.928. The van der Waals surface area contributed by atoms with E-state index in [2.05, 4.69) is 4.90 Å². The fraction of sp³-hybridized carbons (Fsp3) is 0.600. The molecule has 0 unspecified atom stereocenters. The molecule has 3 fully saturated rings. The summed E-state index contributed by atoms with van der Waals surface area (Å²) < 4.78 is 6.23. The number of oxazole rings is 1. The average molecular weight is 339 g/mol. The van der Waals surface area contributed by atoms with Gasteiger partial charge in [0.2, 0.25) is 5.89 Å². The number of aromatic nitrogens is 1. The number of rotatable bonds is 3. The number of hydrogen-bond acceptors (Lipinski definition) is 4. The van der Waals surface area contributed by atoms with E-state index in [1.165, 1.54) is 45.1 Å². The van der Waals surface area contributed by atoms with Crippen molar-refractivity contribution in [3.8, 4) is 0 Å². The highest BCUT2D eigenvalue weighted by molar-refractivity contribution is 6.03. The molecule has 1 amide bonds. The highest BCUT2D eigenvalue weighted by Gasteiger charge is 2.56. The van der Waals surface area contributed by atoms with Gasteiger partial charge in [-0.1, -0.05) is 25.3 Å². The summed E-state index contributed by atoms with van der Waals surface area (Å²) in [5, 5.41) is 0. The van der Waals surface area contributed by atoms with Crippen LogP contribution in [0.25, 0.3) is 11.1 Å². The van der Waals surface area contributed by atoms with E-state index in [9.17, 15) is 4.79 Å². The summed E-state index contributed by atoms with van der Waals surface area (Å²) in [5.41, 5.74) is 7.19. The van der Waals surface area contributed by atoms with Crippen LogP contribution in [0, 0.1) is 5.92 Å². The molecule has 2 aromatic rings. The molecular weight excluding hydrogens is 314 g/mol. The Kier molecular flexibility index (Phi) is 3.42. The zero-order valence-electron chi connectivity index (χ0n) is 14.5. The number of likely N-dealkylation sites (tertiary alicyclic amines) is 1. The lowest BCUT2D eigenvalue weighted by Gasteiger charge is -2.43. The summed E-state index contributed by atoms with van der Waals surface area (Å²) in [5.74, 6) is 1.11. The topological polar surface area (TPSA) is 72.4 Å². The lowest BCUT2D eigenvalue weighted by molar-refractivity contribution is 0.0279. The smallest absolute Gasteiger partial charge is 0.252 e. The summed E-state index contributed by atoms with van der Waals surface area (Å²) in [6.45, 7) is 1.17. The second kappa shape index (κ2) is 5.56. The van der Waals surface area contributed by atoms with Crippen molar-refractivity contribution in [3.05, 3.63) is 29.7 Å². The van der Waals surface area contributed by atoms with Crippen molar-refractivity contribution >= 4 is 17.0 Å². The molecule has 0 radical (unpaired) electrons. The van der Waals surface area contributed by atoms with Gasteiger partial charge in [-0.2, -0.15) is 0 Å². The third kappa shape index (κ3) is 2.25. The van der Waals surface area contributed by atoms with Gasteiger partial charge in [0, 0.05) is 12.6 Å². The first-order valence-corrected chi connectivity index (χ1v) is 9.64. The third-order valence-electron chi connectivity index (χ3n) is 6.69. The normalized spacial score (nSPS) is 30.3. The van der Waals surface area contributed by atoms with Gasteiger partial charge in [0.05, 0.1) is 11.1 Å². The molecule has 1 aromatic carbocycles. The molecule has 1 aromatic heterocycles. The second-order valence-corrected chi connectivity index (χ2v) is 8.12. The van der Waals surface area contributed by atoms with Crippen molar-refractivity contribution < 1.29 is 9.21 Å². The minimum Gasteiger partial charge on any atom is -0.438 e. The predicted molar refractivity (Wildman–Crippen MR) is 95.1 cm³/mol. The van der Waals surface area contributed by atoms with Gasteiger partial charge < -0.3 is 10.2 Å². The third-order valence-corrected chi connectivity index (χ3v) is 6.69. The molecule has 2 heterocycles. The SMILES string of the molecule is NC(=O)c1cccc2nc([C@@]34CC[C@H](CN3C3CCCCC3)C4)oc12. The van der Waals surface area contributed by atoms with Crippen molar-refractivity contribution in [1.29, 1.82) is 0 Å². The van der Waals surface area contributed by atoms with Crippen LogP contribution in [-0.4, -0.2) is 28.4 Å². The number of primary amides is 1. The van der Waals surface area contributed by atoms with Crippen molar-refractivity contribution in [1.82, 2.24) is 9.88 Å². The van der Waals surface area contributed by atoms with Crippen molar-refractivity contribution in [2.75, 3.05) is 6.54 Å². The molecule has 2 saturated carbocycles. The Morgan fingerprint density at radius 3 is 2.84 bits per heavy atom. The molecule has 0 spiro atoms. The number of fused-ring (bicyclic) bond motifs is 3. The van der Waals surface area contributed by atoms with Gasteiger partial charge in [0.15, 0.2) is 5.58 Å². The number of hydrogen-bond donors (Lipinski definition) is 1. The highest BCUT2D eigenvalue weighted by atomic mass is 16.4. The van der Waals surface area contributed by atoms with Crippen molar-refractivity contribution in [2.45, 2.75) is 62.9 Å². The van der Waals surface area contributed by atoms with Gasteiger partial charge in [0.1, 0.15) is 5.52 Å². The number of amides is 1. The van der Waals surface area contributed by atoms with Crippen LogP contribution < -0.4 is 5.73 Å². The van der Waals surface area contributed by atoms with Crippen LogP contribution in [0.1, 0.15) is 67.6 Å². The number of carbonyl (C=O) groups is 1. The van der Waals surface area contributed by atoms with Crippen LogP contribution in [0.2, 0.25) is 0 Å². The van der Waals surface area contributed by atoms with Crippen LogP contribution in [0.5, 0.6) is 0 Å². The Labute approximate surface area is 147 Å². The predicted octanol–water partition coefficient (Wildman–Crippen LogP) is 3.57. The summed E-state index contributed by atoms with van der Waals surface area (Å²) >= 11 is 0. The molecule has 5 heteroatoms. The number of para-hydroxylation sites is 1. The largest absolute Gasteiger partial charge is 0.438 e. The Morgan fingerprint density at radius 1 is 1.24 bits per heavy atom. The van der Waals surface area contributed by atoms with E-state index in [1.54, 1.807) is 6.07 Å². The molecule has 3 aliphatic rings. The minimum atomic E-state index is -0.453. The second-order valence-electron chi connectivity index (χ2n) is 8.12. The first-order chi connectivity index (χ1) is 12.2. The van der Waals surface area contributed by atoms with E-state index in [-0.39, 0.29) is 5.54 Å². The first-order valence-electron chi connectivity index (χ1n) is 9.64. The number of nitrogens with two attached hydrogens (primary N) is 1. The van der Waals surface area contributed by atoms with Crippen LogP contribution >= 0.6 is 0 Å². The Balaban J connectivity index is 1.59. The van der Waals surface area contributed by atoms with Crippen LogP contribution in [0.4, 0.5) is 0 Å². The van der Waals surface area contributed by atoms with Crippen molar-refractivity contribution in [2.24, 2.45) is 11.7 Å². The summed E-state index contributed by atoms with van der Waals surface area (Å²) in [6.07, 6.45) is 10.1. The van der Waals surface area contributed by atoms with Gasteiger partial charge in [-0.25, -0.2) is 4.98 Å². The van der Waals surface area contributed by atoms with Crippen LogP contribution in [-0.2, 0) is 5.54 Å². The van der Waals surface area contributed by atoms with E-state index in [0.29, 0.717) is 17.2 Å². The van der Waals surface area contributed by atoms with Gasteiger partial charge in [-0.3, -0.25) is 9.69 Å². The van der Waals surface area contributed by atoms with E-state index in [1.807, 2.05) is 12.1 Å². The number of nitrogens with zero attached hydrogens (tertiary/aromatic N) is 2. The number of carbonyl (C=O) groups excluding carboxylic acids is 1. The molecule has 2 N–H and O–H groups in total. The molecule has 1 saturated heterocycles. The summed E-state index contributed by atoms with van der Waals surface area (Å²) in [6, 6.07) is 6.13. The van der Waals surface area contributed by atoms with Crippen molar-refractivity contribution in [3.63, 3.8) is 0 Å². The molecule has 5 rings (SSSR count). The van der Waals surface area contributed by atoms with E-state index in [4.69, 9.17) is 15.1 Å². The van der Waals surface area contributed by atoms with Crippen LogP contribution in [0.15, 0.2) is 22.6 Å². The fourth-order valence-electron chi connectivity index (χ4n) is 5.54. The average Bonchev–Trinajstić information content (AvgIpc) is 3.34. The zero-order chi connectivity index (χ0) is 17.0. The maximum atomic E-state index is 11.7. The zero-order valence-corrected chi connectivity index (χ0v) is 14.5. The molecule has 5 nitrogen and oxygen atoms in total. The monoisotopic (exact) mass is 339 g/mol. The molecule has 25 heavy (non-hydrogen) atoms. The van der Waals surface area contributed by atoms with E-state index in [0.717, 1.165) is 30.2 Å². The molecular formula is C20H25N3O2. The number of piperidine rings is 1. The van der Waals surface area contributed by atoms with Gasteiger partial charge in [-0.15, -0.1) is 0 Å². The standard InChI is InChI=1S/C20H25N3O2/c21-18(24)15-7-4-8-16-17(15)25-19(22-16)20-10-9-13(11-20)12-23(20)14-5-2-1-3-6-14/h4,7-8,13-14H,1-3,5-6,9-12H2,(H2,21,24)/t13-,20-/m0/s1. The summed E-state index contributed by atoms with van der Waals surface area (Å²) in [4.78, 5) is 19.3. The van der Waals surface area contributed by atoms with Gasteiger partial charge in [0.25, 0.3) is 5.91 Å². The maximum Gasteiger partial charge on any atom is 0.252 e.